The molecule has 0 saturated carbocycles. The summed E-state index contributed by atoms with van der Waals surface area (Å²) in [6.07, 6.45) is 1.33. The lowest BCUT2D eigenvalue weighted by atomic mass is 9.95. The van der Waals surface area contributed by atoms with Crippen LogP contribution in [0.5, 0.6) is 5.75 Å². The normalized spacial score (nSPS) is 15.1. The minimum atomic E-state index is -3.56. The second-order valence-electron chi connectivity index (χ2n) is 6.77. The molecule has 1 aliphatic rings. The number of carbonyl (C=O) groups excluding carboxylic acids is 1. The highest BCUT2D eigenvalue weighted by molar-refractivity contribution is 7.86. The van der Waals surface area contributed by atoms with E-state index in [1.54, 1.807) is 17.0 Å². The molecule has 1 aromatic carbocycles. The average molecular weight is 341 g/mol. The zero-order valence-corrected chi connectivity index (χ0v) is 15.0. The van der Waals surface area contributed by atoms with Gasteiger partial charge in [0.1, 0.15) is 11.4 Å². The quantitative estimate of drug-likeness (QED) is 0.773. The Morgan fingerprint density at radius 3 is 2.48 bits per heavy atom. The number of hydrogen-bond acceptors (Lipinski definition) is 5. The first-order valence-electron chi connectivity index (χ1n) is 7.45. The molecular formula is C16H23NO5S. The predicted octanol–water partition coefficient (Wildman–Crippen LogP) is 2.63. The van der Waals surface area contributed by atoms with E-state index >= 15 is 0 Å². The molecule has 128 valence electrons. The number of hydrogen-bond donors (Lipinski definition) is 0. The van der Waals surface area contributed by atoms with E-state index in [2.05, 4.69) is 0 Å². The summed E-state index contributed by atoms with van der Waals surface area (Å²) in [5.41, 5.74) is 2.30. The molecule has 0 unspecified atom stereocenters. The molecule has 0 bridgehead atoms. The maximum Gasteiger partial charge on any atom is 0.410 e. The number of carbonyl (C=O) groups is 1. The third-order valence-electron chi connectivity index (χ3n) is 3.53. The molecule has 0 fully saturated rings. The van der Waals surface area contributed by atoms with Crippen molar-refractivity contribution < 1.29 is 22.1 Å². The Morgan fingerprint density at radius 1 is 1.26 bits per heavy atom. The monoisotopic (exact) mass is 341 g/mol. The fourth-order valence-corrected chi connectivity index (χ4v) is 3.06. The van der Waals surface area contributed by atoms with Gasteiger partial charge in [-0.2, -0.15) is 8.42 Å². The van der Waals surface area contributed by atoms with E-state index in [-0.39, 0.29) is 6.09 Å². The minimum absolute atomic E-state index is 0.336. The van der Waals surface area contributed by atoms with Crippen molar-refractivity contribution >= 4 is 16.2 Å². The lowest BCUT2D eigenvalue weighted by Crippen LogP contribution is -2.40. The topological polar surface area (TPSA) is 72.9 Å². The van der Waals surface area contributed by atoms with Gasteiger partial charge in [0.05, 0.1) is 6.26 Å². The number of rotatable bonds is 2. The fraction of sp³-hybridized carbons (Fsp3) is 0.562. The summed E-state index contributed by atoms with van der Waals surface area (Å²) in [6.45, 7) is 8.32. The van der Waals surface area contributed by atoms with Gasteiger partial charge >= 0.3 is 16.2 Å². The zero-order valence-electron chi connectivity index (χ0n) is 14.2. The largest absolute Gasteiger partial charge is 0.444 e. The van der Waals surface area contributed by atoms with E-state index in [1.807, 2.05) is 27.7 Å². The molecule has 1 aromatic rings. The summed E-state index contributed by atoms with van der Waals surface area (Å²) in [5.74, 6) is 0.344. The molecular weight excluding hydrogens is 318 g/mol. The van der Waals surface area contributed by atoms with Crippen molar-refractivity contribution in [1.82, 2.24) is 4.90 Å². The van der Waals surface area contributed by atoms with Crippen LogP contribution in [0.15, 0.2) is 12.1 Å². The Morgan fingerprint density at radius 2 is 1.91 bits per heavy atom. The number of benzene rings is 1. The highest BCUT2D eigenvalue weighted by Gasteiger charge is 2.27. The summed E-state index contributed by atoms with van der Waals surface area (Å²) >= 11 is 0. The van der Waals surface area contributed by atoms with Crippen LogP contribution in [0, 0.1) is 6.92 Å². The third kappa shape index (κ3) is 4.60. The Balaban J connectivity index is 2.20. The summed E-state index contributed by atoms with van der Waals surface area (Å²) in [4.78, 5) is 13.8. The van der Waals surface area contributed by atoms with Crippen LogP contribution in [0.1, 0.15) is 37.5 Å². The summed E-state index contributed by atoms with van der Waals surface area (Å²) in [5, 5.41) is 0. The molecule has 6 nitrogen and oxygen atoms in total. The van der Waals surface area contributed by atoms with E-state index in [0.29, 0.717) is 25.3 Å². The lowest BCUT2D eigenvalue weighted by Gasteiger charge is -2.32. The molecule has 0 spiro atoms. The van der Waals surface area contributed by atoms with Crippen LogP contribution in [0.4, 0.5) is 4.79 Å². The van der Waals surface area contributed by atoms with E-state index in [0.717, 1.165) is 22.9 Å². The summed E-state index contributed by atoms with van der Waals surface area (Å²) in [6, 6.07) is 3.44. The van der Waals surface area contributed by atoms with Crippen molar-refractivity contribution in [1.29, 1.82) is 0 Å². The van der Waals surface area contributed by atoms with E-state index in [9.17, 15) is 13.2 Å². The van der Waals surface area contributed by atoms with Crippen LogP contribution in [-0.2, 0) is 27.8 Å². The van der Waals surface area contributed by atoms with Crippen LogP contribution in [0.2, 0.25) is 0 Å². The van der Waals surface area contributed by atoms with Crippen LogP contribution in [0.25, 0.3) is 0 Å². The Hall–Kier alpha value is -1.76. The number of nitrogens with zero attached hydrogens (tertiary/aromatic N) is 1. The van der Waals surface area contributed by atoms with Gasteiger partial charge in [0.15, 0.2) is 0 Å². The summed E-state index contributed by atoms with van der Waals surface area (Å²) < 4.78 is 33.0. The van der Waals surface area contributed by atoms with Crippen molar-refractivity contribution in [2.24, 2.45) is 0 Å². The van der Waals surface area contributed by atoms with Gasteiger partial charge in [-0.1, -0.05) is 6.07 Å². The van der Waals surface area contributed by atoms with E-state index in [4.69, 9.17) is 8.92 Å². The van der Waals surface area contributed by atoms with Crippen molar-refractivity contribution in [3.63, 3.8) is 0 Å². The van der Waals surface area contributed by atoms with Gasteiger partial charge in [0.25, 0.3) is 0 Å². The van der Waals surface area contributed by atoms with Gasteiger partial charge < -0.3 is 13.8 Å². The highest BCUT2D eigenvalue weighted by atomic mass is 32.2. The Labute approximate surface area is 137 Å². The smallest absolute Gasteiger partial charge is 0.410 e. The van der Waals surface area contributed by atoms with Gasteiger partial charge in [-0.15, -0.1) is 0 Å². The molecule has 0 aromatic heterocycles. The standard InChI is InChI=1S/C16H23NO5S/c1-11-13-8-9-17(15(18)21-16(2,3)4)10-12(13)6-7-14(11)22-23(5,19)20/h6-7H,8-10H2,1-5H3. The zero-order chi connectivity index (χ0) is 17.4. The Bertz CT molecular complexity index is 719. The van der Waals surface area contributed by atoms with Crippen molar-refractivity contribution in [2.45, 2.75) is 46.3 Å². The van der Waals surface area contributed by atoms with E-state index < -0.39 is 15.7 Å². The lowest BCUT2D eigenvalue weighted by molar-refractivity contribution is 0.0223. The first-order valence-corrected chi connectivity index (χ1v) is 9.27. The first kappa shape index (κ1) is 17.6. The third-order valence-corrected chi connectivity index (χ3v) is 4.01. The van der Waals surface area contributed by atoms with Crippen LogP contribution < -0.4 is 4.18 Å². The molecule has 0 aliphatic carbocycles. The van der Waals surface area contributed by atoms with Gasteiger partial charge in [0, 0.05) is 13.1 Å². The molecule has 7 heteroatoms. The number of amides is 1. The highest BCUT2D eigenvalue weighted by Crippen LogP contribution is 2.30. The first-order chi connectivity index (χ1) is 10.5. The Kier molecular flexibility index (Phi) is 4.61. The molecule has 23 heavy (non-hydrogen) atoms. The summed E-state index contributed by atoms with van der Waals surface area (Å²) in [7, 11) is -3.56. The van der Waals surface area contributed by atoms with Crippen molar-refractivity contribution in [2.75, 3.05) is 12.8 Å². The predicted molar refractivity (Wildman–Crippen MR) is 87.0 cm³/mol. The number of fused-ring (bicyclic) bond motifs is 1. The molecule has 0 saturated heterocycles. The second kappa shape index (κ2) is 6.03. The maximum atomic E-state index is 12.2. The van der Waals surface area contributed by atoms with Gasteiger partial charge in [-0.3, -0.25) is 0 Å². The maximum absolute atomic E-state index is 12.2. The molecule has 0 N–H and O–H groups in total. The van der Waals surface area contributed by atoms with Gasteiger partial charge in [-0.05, 0) is 56.9 Å². The molecule has 2 rings (SSSR count). The second-order valence-corrected chi connectivity index (χ2v) is 8.34. The molecule has 1 heterocycles. The minimum Gasteiger partial charge on any atom is -0.444 e. The van der Waals surface area contributed by atoms with Crippen LogP contribution >= 0.6 is 0 Å². The number of ether oxygens (including phenoxy) is 1. The SMILES string of the molecule is Cc1c(OS(C)(=O)=O)ccc2c1CCN(C(=O)OC(C)(C)C)C2. The van der Waals surface area contributed by atoms with Crippen molar-refractivity contribution in [3.8, 4) is 5.75 Å². The molecule has 0 atom stereocenters. The van der Waals surface area contributed by atoms with Crippen LogP contribution in [0.3, 0.4) is 0 Å². The molecule has 0 radical (unpaired) electrons. The average Bonchev–Trinajstić information content (AvgIpc) is 2.38. The van der Waals surface area contributed by atoms with Crippen LogP contribution in [-0.4, -0.2) is 37.8 Å². The van der Waals surface area contributed by atoms with Crippen molar-refractivity contribution in [3.05, 3.63) is 28.8 Å². The van der Waals surface area contributed by atoms with Gasteiger partial charge in [-0.25, -0.2) is 4.79 Å². The molecule has 1 aliphatic heterocycles. The molecule has 1 amide bonds. The van der Waals surface area contributed by atoms with E-state index in [1.165, 1.54) is 0 Å². The fourth-order valence-electron chi connectivity index (χ4n) is 2.55. The van der Waals surface area contributed by atoms with Gasteiger partial charge in [0.2, 0.25) is 0 Å².